The number of rotatable bonds is 3. The van der Waals surface area contributed by atoms with Crippen molar-refractivity contribution in [1.29, 1.82) is 0 Å². The van der Waals surface area contributed by atoms with Crippen molar-refractivity contribution in [3.05, 3.63) is 40.9 Å². The number of esters is 1. The lowest BCUT2D eigenvalue weighted by Gasteiger charge is -2.37. The Labute approximate surface area is 153 Å². The lowest BCUT2D eigenvalue weighted by molar-refractivity contribution is -0.148. The summed E-state index contributed by atoms with van der Waals surface area (Å²) in [6, 6.07) is 6.85. The summed E-state index contributed by atoms with van der Waals surface area (Å²) in [6.45, 7) is -0.310. The molecule has 1 aliphatic heterocycles. The summed E-state index contributed by atoms with van der Waals surface area (Å²) in [4.78, 5) is 38.9. The van der Waals surface area contributed by atoms with E-state index < -0.39 is 5.97 Å². The predicted octanol–water partition coefficient (Wildman–Crippen LogP) is 2.41. The molecular weight excluding hydrogens is 386 g/mol. The Morgan fingerprint density at radius 2 is 1.60 bits per heavy atom. The molecule has 1 heterocycles. The van der Waals surface area contributed by atoms with Crippen LogP contribution >= 0.6 is 15.9 Å². The maximum atomic E-state index is 12.8. The highest BCUT2D eigenvalue weighted by Crippen LogP contribution is 2.65. The molecule has 4 aliphatic carbocycles. The molecule has 6 heteroatoms. The highest BCUT2D eigenvalue weighted by atomic mass is 79.9. The van der Waals surface area contributed by atoms with Crippen molar-refractivity contribution >= 4 is 33.7 Å². The molecule has 2 amide bonds. The number of benzene rings is 1. The van der Waals surface area contributed by atoms with Gasteiger partial charge in [0.1, 0.15) is 12.3 Å². The summed E-state index contributed by atoms with van der Waals surface area (Å²) >= 11 is 3.31. The van der Waals surface area contributed by atoms with Crippen LogP contribution in [0.1, 0.15) is 6.42 Å². The topological polar surface area (TPSA) is 63.7 Å². The van der Waals surface area contributed by atoms with E-state index in [1.54, 1.807) is 24.3 Å². The number of carbonyl (C=O) groups is 3. The third kappa shape index (κ3) is 2.23. The molecule has 0 spiro atoms. The third-order valence-corrected chi connectivity index (χ3v) is 6.62. The molecule has 6 rings (SSSR count). The van der Waals surface area contributed by atoms with Gasteiger partial charge in [0, 0.05) is 4.47 Å². The molecule has 6 atom stereocenters. The van der Waals surface area contributed by atoms with Crippen molar-refractivity contribution in [2.45, 2.75) is 6.42 Å². The van der Waals surface area contributed by atoms with Crippen molar-refractivity contribution < 1.29 is 19.1 Å². The number of amides is 2. The minimum Gasteiger partial charge on any atom is -0.425 e. The van der Waals surface area contributed by atoms with Crippen LogP contribution in [0.3, 0.4) is 0 Å². The fourth-order valence-corrected chi connectivity index (χ4v) is 5.23. The Bertz CT molecular complexity index is 781. The number of nitrogens with zero attached hydrogens (tertiary/aromatic N) is 1. The molecule has 0 unspecified atom stereocenters. The summed E-state index contributed by atoms with van der Waals surface area (Å²) in [5.74, 6) is 0.317. The number of hydrogen-bond acceptors (Lipinski definition) is 4. The lowest BCUT2D eigenvalue weighted by atomic mass is 9.63. The van der Waals surface area contributed by atoms with Crippen molar-refractivity contribution in [3.8, 4) is 5.75 Å². The predicted molar refractivity (Wildman–Crippen MR) is 91.2 cm³/mol. The number of ether oxygens (including phenoxy) is 1. The second kappa shape index (κ2) is 5.27. The van der Waals surface area contributed by atoms with Gasteiger partial charge < -0.3 is 4.74 Å². The van der Waals surface area contributed by atoms with Crippen LogP contribution in [0.4, 0.5) is 0 Å². The minimum absolute atomic E-state index is 0.170. The number of imide groups is 1. The Morgan fingerprint density at radius 1 is 1.04 bits per heavy atom. The molecule has 1 saturated heterocycles. The zero-order valence-corrected chi connectivity index (χ0v) is 14.9. The molecular formula is C19H16BrNO4. The van der Waals surface area contributed by atoms with Crippen molar-refractivity contribution in [2.75, 3.05) is 6.54 Å². The summed E-state index contributed by atoms with van der Waals surface area (Å²) in [7, 11) is 0. The molecule has 2 saturated carbocycles. The smallest absolute Gasteiger partial charge is 0.331 e. The van der Waals surface area contributed by atoms with Gasteiger partial charge in [0.05, 0.1) is 11.8 Å². The van der Waals surface area contributed by atoms with E-state index in [2.05, 4.69) is 28.1 Å². The minimum atomic E-state index is -0.590. The molecule has 0 radical (unpaired) electrons. The second-order valence-corrected chi connectivity index (χ2v) is 8.26. The molecule has 1 aromatic rings. The van der Waals surface area contributed by atoms with Gasteiger partial charge in [-0.05, 0) is 54.4 Å². The SMILES string of the molecule is O=C(CN1C(=O)[C@@H]2[C@H]3C=C[C@@H]([C@@H]4C[C@@H]34)[C@@H]2C1=O)Oc1ccc(Br)cc1. The van der Waals surface area contributed by atoms with Crippen molar-refractivity contribution in [2.24, 2.45) is 35.5 Å². The monoisotopic (exact) mass is 401 g/mol. The van der Waals surface area contributed by atoms with Crippen LogP contribution in [0.25, 0.3) is 0 Å². The van der Waals surface area contributed by atoms with E-state index >= 15 is 0 Å². The van der Waals surface area contributed by atoms with Gasteiger partial charge in [0.25, 0.3) is 0 Å². The summed E-state index contributed by atoms with van der Waals surface area (Å²) < 4.78 is 6.14. The van der Waals surface area contributed by atoms with E-state index in [1.807, 2.05) is 0 Å². The van der Waals surface area contributed by atoms with Gasteiger partial charge in [-0.25, -0.2) is 4.79 Å². The summed E-state index contributed by atoms with van der Waals surface area (Å²) in [5.41, 5.74) is 0. The molecule has 3 fully saturated rings. The molecule has 0 aromatic heterocycles. The number of allylic oxidation sites excluding steroid dienone is 2. The quantitative estimate of drug-likeness (QED) is 0.337. The number of halogens is 1. The van der Waals surface area contributed by atoms with Crippen LogP contribution in [0.5, 0.6) is 5.75 Å². The van der Waals surface area contributed by atoms with E-state index in [-0.39, 0.29) is 42.0 Å². The molecule has 25 heavy (non-hydrogen) atoms. The molecule has 1 aromatic carbocycles. The molecule has 5 nitrogen and oxygen atoms in total. The average molecular weight is 402 g/mol. The van der Waals surface area contributed by atoms with Crippen LogP contribution in [0, 0.1) is 35.5 Å². The highest BCUT2D eigenvalue weighted by molar-refractivity contribution is 9.10. The molecule has 2 bridgehead atoms. The highest BCUT2D eigenvalue weighted by Gasteiger charge is 2.67. The van der Waals surface area contributed by atoms with Gasteiger partial charge in [-0.2, -0.15) is 0 Å². The Balaban J connectivity index is 1.32. The molecule has 128 valence electrons. The van der Waals surface area contributed by atoms with Crippen LogP contribution in [0.2, 0.25) is 0 Å². The van der Waals surface area contributed by atoms with Gasteiger partial charge in [0.2, 0.25) is 11.8 Å². The van der Waals surface area contributed by atoms with Gasteiger partial charge in [-0.1, -0.05) is 28.1 Å². The normalized spacial score (nSPS) is 37.1. The van der Waals surface area contributed by atoms with E-state index in [4.69, 9.17) is 4.74 Å². The van der Waals surface area contributed by atoms with Crippen LogP contribution in [-0.4, -0.2) is 29.2 Å². The molecule has 5 aliphatic rings. The fraction of sp³-hybridized carbons (Fsp3) is 0.421. The third-order valence-electron chi connectivity index (χ3n) is 6.09. The van der Waals surface area contributed by atoms with Gasteiger partial charge in [-0.3, -0.25) is 14.5 Å². The number of carbonyl (C=O) groups excluding carboxylic acids is 3. The van der Waals surface area contributed by atoms with Crippen molar-refractivity contribution in [3.63, 3.8) is 0 Å². The molecule has 0 N–H and O–H groups in total. The Morgan fingerprint density at radius 3 is 2.16 bits per heavy atom. The van der Waals surface area contributed by atoms with Crippen LogP contribution in [-0.2, 0) is 14.4 Å². The van der Waals surface area contributed by atoms with Crippen LogP contribution < -0.4 is 4.74 Å². The summed E-state index contributed by atoms with van der Waals surface area (Å²) in [6.07, 6.45) is 5.37. The Kier molecular flexibility index (Phi) is 3.23. The van der Waals surface area contributed by atoms with E-state index in [1.165, 1.54) is 0 Å². The lowest BCUT2D eigenvalue weighted by Crippen LogP contribution is -2.40. The van der Waals surface area contributed by atoms with Crippen molar-refractivity contribution in [1.82, 2.24) is 4.90 Å². The van der Waals surface area contributed by atoms with Crippen LogP contribution in [0.15, 0.2) is 40.9 Å². The van der Waals surface area contributed by atoms with Gasteiger partial charge in [-0.15, -0.1) is 0 Å². The average Bonchev–Trinajstić information content (AvgIpc) is 3.38. The number of likely N-dealkylation sites (tertiary alicyclic amines) is 1. The first-order valence-corrected chi connectivity index (χ1v) is 9.33. The summed E-state index contributed by atoms with van der Waals surface area (Å²) in [5, 5.41) is 0. The van der Waals surface area contributed by atoms with E-state index in [9.17, 15) is 14.4 Å². The zero-order chi connectivity index (χ0) is 17.3. The Hall–Kier alpha value is -1.95. The second-order valence-electron chi connectivity index (χ2n) is 7.35. The maximum Gasteiger partial charge on any atom is 0.331 e. The first-order chi connectivity index (χ1) is 12.0. The number of hydrogen-bond donors (Lipinski definition) is 0. The fourth-order valence-electron chi connectivity index (χ4n) is 4.97. The standard InChI is InChI=1S/C19H16BrNO4/c20-9-1-3-10(4-2-9)25-15(22)8-21-18(23)16-11-5-6-12(14-7-13(11)14)17(16)19(21)24/h1-6,11-14,16-17H,7-8H2/t11-,12-,13-,14-,16-,17+/m0/s1. The first kappa shape index (κ1) is 15.3. The maximum absolute atomic E-state index is 12.8. The zero-order valence-electron chi connectivity index (χ0n) is 13.3. The first-order valence-electron chi connectivity index (χ1n) is 8.54. The van der Waals surface area contributed by atoms with Gasteiger partial charge >= 0.3 is 5.97 Å². The van der Waals surface area contributed by atoms with Gasteiger partial charge in [0.15, 0.2) is 0 Å². The van der Waals surface area contributed by atoms with E-state index in [0.717, 1.165) is 15.8 Å². The van der Waals surface area contributed by atoms with E-state index in [0.29, 0.717) is 17.6 Å². The largest absolute Gasteiger partial charge is 0.425 e.